The molecule has 2 saturated heterocycles. The summed E-state index contributed by atoms with van der Waals surface area (Å²) in [6.07, 6.45) is 6.92. The number of piperazine rings is 2. The van der Waals surface area contributed by atoms with Crippen LogP contribution in [0.15, 0.2) is 83.5 Å². The Morgan fingerprint density at radius 2 is 1.29 bits per heavy atom. The third kappa shape index (κ3) is 8.75. The number of H-pyrrole nitrogens is 1. The van der Waals surface area contributed by atoms with Crippen LogP contribution in [0, 0.1) is 0 Å². The Kier molecular flexibility index (Phi) is 13.7. The van der Waals surface area contributed by atoms with E-state index in [-0.39, 0.29) is 20.6 Å². The van der Waals surface area contributed by atoms with E-state index in [2.05, 4.69) is 81.4 Å². The van der Waals surface area contributed by atoms with E-state index in [9.17, 15) is 4.79 Å². The number of aromatic nitrogens is 4. The molecule has 0 saturated carbocycles. The van der Waals surface area contributed by atoms with E-state index in [0.717, 1.165) is 91.3 Å². The summed E-state index contributed by atoms with van der Waals surface area (Å²) in [5, 5.41) is 11.0. The highest BCUT2D eigenvalue weighted by Crippen LogP contribution is 2.42. The Labute approximate surface area is 310 Å². The minimum Gasteiger partial charge on any atom is -0.359 e. The summed E-state index contributed by atoms with van der Waals surface area (Å²) in [5.74, 6) is 5.12. The van der Waals surface area contributed by atoms with Crippen molar-refractivity contribution in [1.29, 1.82) is 0 Å². The first kappa shape index (κ1) is 39.0. The Balaban J connectivity index is 0.000000184. The summed E-state index contributed by atoms with van der Waals surface area (Å²) in [4.78, 5) is 36.4. The topological polar surface area (TPSA) is 147 Å². The number of likely N-dealkylation sites (N-methyl/N-ethyl adjacent to an activating group) is 2. The first-order chi connectivity index (χ1) is 23.9. The predicted octanol–water partition coefficient (Wildman–Crippen LogP) is 5.23. The molecule has 5 aliphatic rings. The molecule has 0 aromatic carbocycles. The fourth-order valence-electron chi connectivity index (χ4n) is 5.86. The summed E-state index contributed by atoms with van der Waals surface area (Å²) in [6, 6.07) is 15.5. The molecule has 3 aromatic rings. The van der Waals surface area contributed by atoms with Crippen molar-refractivity contribution in [1.82, 2.24) is 45.0 Å². The van der Waals surface area contributed by atoms with Crippen LogP contribution in [0.4, 0.5) is 5.69 Å². The molecule has 0 amide bonds. The molecule has 4 N–H and O–H groups in total. The Bertz CT molecular complexity index is 1900. The van der Waals surface area contributed by atoms with Crippen LogP contribution in [-0.4, -0.2) is 122 Å². The number of carbonyl (C=O) groups is 1. The van der Waals surface area contributed by atoms with Crippen LogP contribution in [-0.2, 0) is 0 Å². The first-order valence-corrected chi connectivity index (χ1v) is 16.8. The van der Waals surface area contributed by atoms with E-state index in [1.54, 1.807) is 18.6 Å². The van der Waals surface area contributed by atoms with Gasteiger partial charge in [-0.1, -0.05) is 39.1 Å². The standard InChI is InChI=1S/C17H18N6S.C11H6N2O.C6H14N4S.2CH4/c1-22-8-10-23(11-9-22)17(24)21-20-16-14-12(4-2-6-18-14)13-5-3-7-19-15(13)16;14-11-9-7(3-1-5-12-9)8-4-2-6-13-10(8)11;1-9-2-4-10(5-3-9)6(11)8-7;;/h2-7,18H,8-11H2,1H3;1-6H;2-5,7H2,1H3,(H,8,11);2*1H4. The molecule has 6 heterocycles. The van der Waals surface area contributed by atoms with Gasteiger partial charge in [0.05, 0.1) is 5.69 Å². The van der Waals surface area contributed by atoms with Crippen molar-refractivity contribution in [3.05, 3.63) is 84.7 Å². The van der Waals surface area contributed by atoms with Gasteiger partial charge in [0.15, 0.2) is 5.11 Å². The van der Waals surface area contributed by atoms with Gasteiger partial charge < -0.3 is 30.0 Å². The molecule has 0 atom stereocenters. The Morgan fingerprint density at radius 1 is 0.765 bits per heavy atom. The van der Waals surface area contributed by atoms with E-state index >= 15 is 0 Å². The van der Waals surface area contributed by atoms with Crippen LogP contribution in [0.2, 0.25) is 0 Å². The molecule has 0 bridgehead atoms. The predicted molar refractivity (Wildman–Crippen MR) is 212 cm³/mol. The number of pyridine rings is 4. The Morgan fingerprint density at radius 3 is 1.88 bits per heavy atom. The van der Waals surface area contributed by atoms with Gasteiger partial charge >= 0.3 is 0 Å². The van der Waals surface area contributed by atoms with Crippen molar-refractivity contribution in [2.24, 2.45) is 16.1 Å². The van der Waals surface area contributed by atoms with Crippen LogP contribution in [0.5, 0.6) is 0 Å². The average Bonchev–Trinajstić information content (AvgIpc) is 3.63. The van der Waals surface area contributed by atoms with Gasteiger partial charge in [-0.15, -0.1) is 10.2 Å². The van der Waals surface area contributed by atoms with Crippen LogP contribution >= 0.6 is 24.4 Å². The lowest BCUT2D eigenvalue weighted by Gasteiger charge is -2.33. The van der Waals surface area contributed by atoms with Gasteiger partial charge in [-0.05, 0) is 62.8 Å². The minimum absolute atomic E-state index is 0. The molecule has 0 radical (unpaired) electrons. The lowest BCUT2D eigenvalue weighted by atomic mass is 10.1. The molecule has 15 heteroatoms. The van der Waals surface area contributed by atoms with Crippen molar-refractivity contribution >= 4 is 57.0 Å². The number of rotatable bonds is 1. The number of nitrogens with zero attached hydrogens (tertiary/aromatic N) is 9. The van der Waals surface area contributed by atoms with Crippen LogP contribution < -0.4 is 11.3 Å². The van der Waals surface area contributed by atoms with Gasteiger partial charge in [0.2, 0.25) is 10.9 Å². The van der Waals surface area contributed by atoms with Gasteiger partial charge in [-0.25, -0.2) is 5.84 Å². The lowest BCUT2D eigenvalue weighted by molar-refractivity contribution is 0.103. The second kappa shape index (κ2) is 17.9. The molecule has 3 aliphatic heterocycles. The van der Waals surface area contributed by atoms with E-state index in [0.29, 0.717) is 21.6 Å². The first-order valence-electron chi connectivity index (χ1n) is 16.0. The number of ketones is 1. The van der Waals surface area contributed by atoms with Crippen molar-refractivity contribution < 1.29 is 4.79 Å². The van der Waals surface area contributed by atoms with Gasteiger partial charge in [0.25, 0.3) is 0 Å². The molecular weight excluding hydrogens is 681 g/mol. The number of thiocarbonyl (C=S) groups is 2. The third-order valence-electron chi connectivity index (χ3n) is 8.67. The fraction of sp³-hybridized carbons (Fsp3) is 0.333. The molecule has 268 valence electrons. The summed E-state index contributed by atoms with van der Waals surface area (Å²) >= 11 is 10.4. The number of nitrogens with one attached hydrogen (secondary N) is 2. The molecule has 0 unspecified atom stereocenters. The van der Waals surface area contributed by atoms with Crippen LogP contribution in [0.25, 0.3) is 33.3 Å². The number of aromatic amines is 1. The number of hydrogen-bond donors (Lipinski definition) is 3. The average molecular weight is 727 g/mol. The van der Waals surface area contributed by atoms with Crippen LogP contribution in [0.3, 0.4) is 0 Å². The van der Waals surface area contributed by atoms with E-state index in [1.165, 1.54) is 0 Å². The number of hydrogen-bond acceptors (Lipinski definition) is 10. The van der Waals surface area contributed by atoms with E-state index < -0.39 is 0 Å². The SMILES string of the molecule is C.C.CN1CCN(C(=S)N=Nc2c3[nH]cccc-3c3cccnc23)CC1.CN1CCN(C(=S)NN)CC1.O=C1c2ncccc2-c2cccnc21. The second-order valence-corrected chi connectivity index (χ2v) is 12.6. The molecule has 2 aliphatic carbocycles. The summed E-state index contributed by atoms with van der Waals surface area (Å²) in [7, 11) is 4.22. The molecular formula is C36H46N12OS2. The zero-order valence-corrected chi connectivity index (χ0v) is 29.0. The van der Waals surface area contributed by atoms with Crippen LogP contribution in [0.1, 0.15) is 31.0 Å². The number of azo groups is 1. The number of carbonyl (C=O) groups excluding carboxylic acids is 1. The normalized spacial score (nSPS) is 15.5. The van der Waals surface area contributed by atoms with Gasteiger partial charge in [0.1, 0.15) is 22.6 Å². The molecule has 13 nitrogen and oxygen atoms in total. The van der Waals surface area contributed by atoms with E-state index in [1.807, 2.05) is 42.6 Å². The highest BCUT2D eigenvalue weighted by atomic mass is 32.1. The molecule has 3 aromatic heterocycles. The zero-order valence-electron chi connectivity index (χ0n) is 27.4. The van der Waals surface area contributed by atoms with Gasteiger partial charge in [-0.3, -0.25) is 19.7 Å². The minimum atomic E-state index is -0.0730. The quantitative estimate of drug-likeness (QED) is 0.0883. The summed E-state index contributed by atoms with van der Waals surface area (Å²) < 4.78 is 0. The zero-order chi connectivity index (χ0) is 34.3. The largest absolute Gasteiger partial charge is 0.359 e. The van der Waals surface area contributed by atoms with E-state index in [4.69, 9.17) is 30.3 Å². The third-order valence-corrected chi connectivity index (χ3v) is 9.39. The van der Waals surface area contributed by atoms with Crippen molar-refractivity contribution in [3.63, 3.8) is 0 Å². The smallest absolute Gasteiger partial charge is 0.230 e. The number of fused-ring (bicyclic) bond motifs is 6. The maximum Gasteiger partial charge on any atom is 0.230 e. The van der Waals surface area contributed by atoms with Crippen molar-refractivity contribution in [2.75, 3.05) is 66.5 Å². The molecule has 2 fully saturated rings. The second-order valence-electron chi connectivity index (χ2n) is 11.8. The monoisotopic (exact) mass is 726 g/mol. The lowest BCUT2D eigenvalue weighted by Crippen LogP contribution is -2.51. The molecule has 0 spiro atoms. The Hall–Kier alpha value is -4.80. The molecule has 8 rings (SSSR count). The highest BCUT2D eigenvalue weighted by Gasteiger charge is 2.28. The van der Waals surface area contributed by atoms with Gasteiger partial charge in [0, 0.05) is 99.2 Å². The summed E-state index contributed by atoms with van der Waals surface area (Å²) in [6.45, 7) is 7.83. The van der Waals surface area contributed by atoms with Gasteiger partial charge in [-0.2, -0.15) is 0 Å². The maximum atomic E-state index is 11.8. The van der Waals surface area contributed by atoms with Crippen molar-refractivity contribution in [3.8, 4) is 22.4 Å². The fourth-order valence-corrected chi connectivity index (χ4v) is 6.26. The highest BCUT2D eigenvalue weighted by molar-refractivity contribution is 7.80. The van der Waals surface area contributed by atoms with Crippen molar-refractivity contribution in [2.45, 2.75) is 14.9 Å². The number of hydrazine groups is 1. The summed E-state index contributed by atoms with van der Waals surface area (Å²) in [5.41, 5.74) is 8.93. The molecule has 51 heavy (non-hydrogen) atoms. The maximum absolute atomic E-state index is 11.8. The number of nitrogens with two attached hydrogens (primary N) is 1.